The van der Waals surface area contributed by atoms with Crippen molar-refractivity contribution < 1.29 is 9.47 Å². The van der Waals surface area contributed by atoms with Gasteiger partial charge in [0.2, 0.25) is 5.69 Å². The number of carbonyl (C=O) groups is 1. The van der Waals surface area contributed by atoms with Crippen molar-refractivity contribution in [2.75, 3.05) is 12.4 Å². The van der Waals surface area contributed by atoms with Crippen LogP contribution in [-0.4, -0.2) is 17.4 Å². The molecular formula is C20H22N3O+. The van der Waals surface area contributed by atoms with Crippen LogP contribution in [0.2, 0.25) is 0 Å². The fourth-order valence-electron chi connectivity index (χ4n) is 4.26. The summed E-state index contributed by atoms with van der Waals surface area (Å²) in [5.41, 5.74) is 4.58. The molecule has 24 heavy (non-hydrogen) atoms. The third-order valence-electron chi connectivity index (χ3n) is 5.87. The third-order valence-corrected chi connectivity index (χ3v) is 5.87. The minimum Gasteiger partial charge on any atom is -0.329 e. The molecule has 0 radical (unpaired) electrons. The lowest BCUT2D eigenvalue weighted by Gasteiger charge is -2.38. The molecule has 2 aromatic rings. The molecule has 2 aliphatic carbocycles. The Bertz CT molecular complexity index is 837. The molecule has 1 spiro atoms. The van der Waals surface area contributed by atoms with E-state index in [0.29, 0.717) is 5.92 Å². The average Bonchev–Trinajstić information content (AvgIpc) is 3.51. The molecule has 4 heteroatoms. The minimum absolute atomic E-state index is 0.0554. The predicted molar refractivity (Wildman–Crippen MR) is 90.9 cm³/mol. The smallest absolute Gasteiger partial charge is 0.255 e. The summed E-state index contributed by atoms with van der Waals surface area (Å²) in [4.78, 5) is 15.4. The molecule has 2 fully saturated rings. The Kier molecular flexibility index (Phi) is 2.82. The largest absolute Gasteiger partial charge is 0.329 e. The Morgan fingerprint density at radius 1 is 1.21 bits per heavy atom. The van der Waals surface area contributed by atoms with Crippen LogP contribution < -0.4 is 10.5 Å². The zero-order valence-corrected chi connectivity index (χ0v) is 13.7. The van der Waals surface area contributed by atoms with Gasteiger partial charge in [0.05, 0.1) is 11.1 Å². The van der Waals surface area contributed by atoms with Crippen molar-refractivity contribution in [1.29, 1.82) is 0 Å². The molecule has 1 aromatic carbocycles. The molecule has 0 bridgehead atoms. The summed E-state index contributed by atoms with van der Waals surface area (Å²) in [5.74, 6) is 6.71. The quantitative estimate of drug-likeness (QED) is 0.681. The standard InChI is InChI=1S/C20H21N3O/c21-23-12-8-16(13-18(23)15-5-6-15)19(24)22-11-7-14-3-1-2-4-17(14)20(22)9-10-20/h1-4,8,12-13,15H,5-7,9-11H2,(H-,21,24)/p+1. The van der Waals surface area contributed by atoms with E-state index in [1.54, 1.807) is 4.68 Å². The van der Waals surface area contributed by atoms with Crippen LogP contribution in [-0.2, 0) is 12.0 Å². The number of fused-ring (bicyclic) bond motifs is 2. The Labute approximate surface area is 141 Å². The van der Waals surface area contributed by atoms with Gasteiger partial charge in [0.25, 0.3) is 5.91 Å². The molecule has 0 unspecified atom stereocenters. The van der Waals surface area contributed by atoms with Crippen molar-refractivity contribution in [3.05, 3.63) is 65.0 Å². The second kappa shape index (κ2) is 4.82. The van der Waals surface area contributed by atoms with Gasteiger partial charge in [-0.25, -0.2) is 5.84 Å². The lowest BCUT2D eigenvalue weighted by molar-refractivity contribution is -0.647. The van der Waals surface area contributed by atoms with Crippen molar-refractivity contribution in [2.45, 2.75) is 43.6 Å². The molecule has 122 valence electrons. The normalized spacial score (nSPS) is 20.8. The maximum atomic E-state index is 13.2. The van der Waals surface area contributed by atoms with Crippen LogP contribution in [0.3, 0.4) is 0 Å². The number of carbonyl (C=O) groups excluding carboxylic acids is 1. The molecule has 4 nitrogen and oxygen atoms in total. The van der Waals surface area contributed by atoms with E-state index in [1.807, 2.05) is 18.3 Å². The predicted octanol–water partition coefficient (Wildman–Crippen LogP) is 2.25. The lowest BCUT2D eigenvalue weighted by atomic mass is 9.90. The van der Waals surface area contributed by atoms with Gasteiger partial charge in [0.1, 0.15) is 0 Å². The summed E-state index contributed by atoms with van der Waals surface area (Å²) in [6.45, 7) is 0.812. The van der Waals surface area contributed by atoms with E-state index in [9.17, 15) is 4.79 Å². The Hall–Kier alpha value is -2.36. The van der Waals surface area contributed by atoms with Crippen molar-refractivity contribution in [2.24, 2.45) is 0 Å². The SMILES string of the molecule is N[n+]1ccc(C(=O)N2CCc3ccccc3C23CC3)cc1C1CC1. The van der Waals surface area contributed by atoms with Gasteiger partial charge in [-0.05, 0) is 43.2 Å². The summed E-state index contributed by atoms with van der Waals surface area (Å²) < 4.78 is 1.67. The van der Waals surface area contributed by atoms with Crippen LogP contribution in [0, 0.1) is 0 Å². The molecule has 2 saturated carbocycles. The number of hydrogen-bond donors (Lipinski definition) is 1. The van der Waals surface area contributed by atoms with Crippen LogP contribution >= 0.6 is 0 Å². The molecule has 3 aliphatic rings. The summed E-state index contributed by atoms with van der Waals surface area (Å²) in [6, 6.07) is 12.5. The van der Waals surface area contributed by atoms with Gasteiger partial charge in [-0.3, -0.25) is 4.79 Å². The van der Waals surface area contributed by atoms with Crippen LogP contribution in [0.5, 0.6) is 0 Å². The summed E-state index contributed by atoms with van der Waals surface area (Å²) in [5, 5.41) is 0. The van der Waals surface area contributed by atoms with E-state index in [-0.39, 0.29) is 11.4 Å². The van der Waals surface area contributed by atoms with Crippen LogP contribution in [0.15, 0.2) is 42.6 Å². The molecule has 0 saturated heterocycles. The number of rotatable bonds is 2. The molecule has 2 heterocycles. The second-order valence-corrected chi connectivity index (χ2v) is 7.42. The summed E-state index contributed by atoms with van der Waals surface area (Å²) in [6.07, 6.45) is 7.29. The molecule has 1 aromatic heterocycles. The minimum atomic E-state index is -0.0554. The first-order valence-electron chi connectivity index (χ1n) is 8.90. The number of pyridine rings is 1. The Morgan fingerprint density at radius 2 is 2.00 bits per heavy atom. The van der Waals surface area contributed by atoms with E-state index in [1.165, 1.54) is 24.0 Å². The van der Waals surface area contributed by atoms with Crippen LogP contribution in [0.1, 0.15) is 58.8 Å². The third kappa shape index (κ3) is 1.98. The molecule has 1 aliphatic heterocycles. The first-order chi connectivity index (χ1) is 11.7. The van der Waals surface area contributed by atoms with E-state index in [0.717, 1.165) is 37.1 Å². The first-order valence-corrected chi connectivity index (χ1v) is 8.90. The van der Waals surface area contributed by atoms with Gasteiger partial charge in [-0.15, -0.1) is 0 Å². The molecule has 0 atom stereocenters. The van der Waals surface area contributed by atoms with Gasteiger partial charge < -0.3 is 4.90 Å². The van der Waals surface area contributed by atoms with Crippen molar-refractivity contribution in [3.63, 3.8) is 0 Å². The van der Waals surface area contributed by atoms with Crippen LogP contribution in [0.25, 0.3) is 0 Å². The number of hydrogen-bond acceptors (Lipinski definition) is 2. The van der Waals surface area contributed by atoms with Crippen molar-refractivity contribution >= 4 is 5.91 Å². The van der Waals surface area contributed by atoms with E-state index < -0.39 is 0 Å². The zero-order chi connectivity index (χ0) is 16.3. The van der Waals surface area contributed by atoms with Crippen molar-refractivity contribution in [3.8, 4) is 0 Å². The molecule has 2 N–H and O–H groups in total. The topological polar surface area (TPSA) is 50.2 Å². The Morgan fingerprint density at radius 3 is 2.75 bits per heavy atom. The van der Waals surface area contributed by atoms with Gasteiger partial charge in [0, 0.05) is 24.6 Å². The van der Waals surface area contributed by atoms with E-state index >= 15 is 0 Å². The summed E-state index contributed by atoms with van der Waals surface area (Å²) >= 11 is 0. The highest BCUT2D eigenvalue weighted by molar-refractivity contribution is 5.95. The van der Waals surface area contributed by atoms with E-state index in [2.05, 4.69) is 29.2 Å². The van der Waals surface area contributed by atoms with Gasteiger partial charge >= 0.3 is 0 Å². The van der Waals surface area contributed by atoms with Gasteiger partial charge in [0.15, 0.2) is 6.20 Å². The maximum absolute atomic E-state index is 13.2. The number of nitrogens with two attached hydrogens (primary N) is 1. The highest BCUT2D eigenvalue weighted by Crippen LogP contribution is 2.54. The summed E-state index contributed by atoms with van der Waals surface area (Å²) in [7, 11) is 0. The number of benzene rings is 1. The second-order valence-electron chi connectivity index (χ2n) is 7.42. The Balaban J connectivity index is 1.51. The van der Waals surface area contributed by atoms with Crippen molar-refractivity contribution in [1.82, 2.24) is 4.90 Å². The first kappa shape index (κ1) is 14.0. The molecular weight excluding hydrogens is 298 g/mol. The molecule has 1 amide bonds. The molecule has 5 rings (SSSR count). The highest BCUT2D eigenvalue weighted by atomic mass is 16.2. The van der Waals surface area contributed by atoms with E-state index in [4.69, 9.17) is 5.84 Å². The fraction of sp³-hybridized carbons (Fsp3) is 0.400. The number of aromatic nitrogens is 1. The zero-order valence-electron chi connectivity index (χ0n) is 13.7. The van der Waals surface area contributed by atoms with Gasteiger partial charge in [-0.1, -0.05) is 28.9 Å². The average molecular weight is 320 g/mol. The number of nitrogen functional groups attached to an aromatic ring is 1. The monoisotopic (exact) mass is 320 g/mol. The van der Waals surface area contributed by atoms with Crippen LogP contribution in [0.4, 0.5) is 0 Å². The number of nitrogens with zero attached hydrogens (tertiary/aromatic N) is 2. The van der Waals surface area contributed by atoms with Gasteiger partial charge in [-0.2, -0.15) is 0 Å². The lowest BCUT2D eigenvalue weighted by Crippen LogP contribution is -2.49. The highest BCUT2D eigenvalue weighted by Gasteiger charge is 2.54. The fourth-order valence-corrected chi connectivity index (χ4v) is 4.26. The maximum Gasteiger partial charge on any atom is 0.255 e. The number of amides is 1.